The summed E-state index contributed by atoms with van der Waals surface area (Å²) < 4.78 is 38.2. The van der Waals surface area contributed by atoms with Crippen LogP contribution in [0.5, 0.6) is 0 Å². The van der Waals surface area contributed by atoms with Crippen molar-refractivity contribution in [2.75, 3.05) is 0 Å². The molecule has 14 heavy (non-hydrogen) atoms. The zero-order valence-electron chi connectivity index (χ0n) is 6.55. The molecule has 0 bridgehead atoms. The minimum absolute atomic E-state index is 0.398. The van der Waals surface area contributed by atoms with E-state index in [2.05, 4.69) is 25.4 Å². The Morgan fingerprint density at radius 2 is 2.14 bits per heavy atom. The molecule has 74 valence electrons. The molecule has 0 aromatic heterocycles. The second kappa shape index (κ2) is 3.95. The lowest BCUT2D eigenvalue weighted by atomic mass is 10.3. The molecule has 1 rings (SSSR count). The van der Waals surface area contributed by atoms with Crippen LogP contribution in [-0.4, -0.2) is 8.42 Å². The summed E-state index contributed by atoms with van der Waals surface area (Å²) in [7, 11) is -4.25. The zero-order chi connectivity index (χ0) is 10.8. The molecule has 0 amide bonds. The van der Waals surface area contributed by atoms with E-state index in [1.165, 1.54) is 6.07 Å². The first-order valence-electron chi connectivity index (χ1n) is 3.24. The van der Waals surface area contributed by atoms with Crippen LogP contribution in [0.1, 0.15) is 0 Å². The average Bonchev–Trinajstić information content (AvgIpc) is 2.02. The standard InChI is InChI=1S/C6H3BrFN3O2S/c7-4-1-2-6(5(8)3-4)14(12,13)11-10-9/h1-3H. The molecule has 0 radical (unpaired) electrons. The minimum Gasteiger partial charge on any atom is -0.216 e. The lowest BCUT2D eigenvalue weighted by Crippen LogP contribution is -1.98. The third kappa shape index (κ3) is 2.22. The van der Waals surface area contributed by atoms with Gasteiger partial charge in [0.15, 0.2) is 0 Å². The van der Waals surface area contributed by atoms with E-state index in [0.29, 0.717) is 4.47 Å². The maximum absolute atomic E-state index is 13.1. The van der Waals surface area contributed by atoms with E-state index in [-0.39, 0.29) is 0 Å². The molecular weight excluding hydrogens is 277 g/mol. The number of rotatable bonds is 2. The van der Waals surface area contributed by atoms with Crippen molar-refractivity contribution in [2.45, 2.75) is 4.90 Å². The van der Waals surface area contributed by atoms with Crippen LogP contribution >= 0.6 is 15.9 Å². The molecule has 0 aliphatic carbocycles. The van der Waals surface area contributed by atoms with Gasteiger partial charge in [-0.15, -0.1) is 0 Å². The molecule has 1 aromatic carbocycles. The SMILES string of the molecule is [N-]=[N+]=NS(=O)(=O)c1ccc(Br)cc1F. The summed E-state index contributed by atoms with van der Waals surface area (Å²) in [5, 5.41) is 0. The molecule has 5 nitrogen and oxygen atoms in total. The predicted molar refractivity (Wildman–Crippen MR) is 50.4 cm³/mol. The van der Waals surface area contributed by atoms with Crippen LogP contribution in [0.15, 0.2) is 32.1 Å². The molecule has 0 aliphatic heterocycles. The van der Waals surface area contributed by atoms with E-state index in [1.54, 1.807) is 0 Å². The second-order valence-corrected chi connectivity index (χ2v) is 4.69. The van der Waals surface area contributed by atoms with Gasteiger partial charge in [0.05, 0.1) is 0 Å². The third-order valence-electron chi connectivity index (χ3n) is 1.32. The Morgan fingerprint density at radius 3 is 2.64 bits per heavy atom. The van der Waals surface area contributed by atoms with E-state index in [1.807, 2.05) is 0 Å². The van der Waals surface area contributed by atoms with Gasteiger partial charge in [-0.3, -0.25) is 0 Å². The largest absolute Gasteiger partial charge is 0.267 e. The number of sulfonamides is 1. The number of benzene rings is 1. The minimum atomic E-state index is -4.25. The van der Waals surface area contributed by atoms with Crippen molar-refractivity contribution in [1.82, 2.24) is 0 Å². The molecule has 0 saturated carbocycles. The quantitative estimate of drug-likeness (QED) is 0.474. The smallest absolute Gasteiger partial charge is 0.216 e. The van der Waals surface area contributed by atoms with Crippen LogP contribution in [0.25, 0.3) is 10.4 Å². The van der Waals surface area contributed by atoms with Crippen molar-refractivity contribution in [1.29, 1.82) is 0 Å². The highest BCUT2D eigenvalue weighted by molar-refractivity contribution is 9.10. The molecule has 0 spiro atoms. The zero-order valence-corrected chi connectivity index (χ0v) is 8.96. The van der Waals surface area contributed by atoms with Crippen LogP contribution in [-0.2, 0) is 10.0 Å². The summed E-state index contributed by atoms with van der Waals surface area (Å²) in [5.41, 5.74) is 7.96. The van der Waals surface area contributed by atoms with Crippen LogP contribution in [0.4, 0.5) is 4.39 Å². The highest BCUT2D eigenvalue weighted by Crippen LogP contribution is 2.20. The maximum Gasteiger partial charge on any atom is 0.267 e. The topological polar surface area (TPSA) is 82.9 Å². The Morgan fingerprint density at radius 1 is 1.50 bits per heavy atom. The molecule has 0 fully saturated rings. The summed E-state index contributed by atoms with van der Waals surface area (Å²) in [4.78, 5) is 1.47. The first kappa shape index (κ1) is 11.0. The normalized spacial score (nSPS) is 10.7. The molecule has 1 aromatic rings. The van der Waals surface area contributed by atoms with Crippen LogP contribution < -0.4 is 0 Å². The van der Waals surface area contributed by atoms with Gasteiger partial charge in [-0.25, -0.2) is 12.8 Å². The van der Waals surface area contributed by atoms with Gasteiger partial charge in [-0.2, -0.15) is 0 Å². The summed E-state index contributed by atoms with van der Waals surface area (Å²) in [5.74, 6) is -0.966. The van der Waals surface area contributed by atoms with Gasteiger partial charge < -0.3 is 0 Å². The van der Waals surface area contributed by atoms with Crippen LogP contribution in [0.3, 0.4) is 0 Å². The Labute approximate surface area is 87.4 Å². The average molecular weight is 280 g/mol. The van der Waals surface area contributed by atoms with E-state index in [4.69, 9.17) is 5.53 Å². The number of nitrogens with zero attached hydrogens (tertiary/aromatic N) is 3. The fraction of sp³-hybridized carbons (Fsp3) is 0. The Balaban J connectivity index is 3.41. The lowest BCUT2D eigenvalue weighted by molar-refractivity contribution is 0.567. The van der Waals surface area contributed by atoms with E-state index < -0.39 is 20.7 Å². The molecule has 0 N–H and O–H groups in total. The van der Waals surface area contributed by atoms with Gasteiger partial charge in [0.25, 0.3) is 10.0 Å². The Kier molecular flexibility index (Phi) is 3.10. The van der Waals surface area contributed by atoms with Gasteiger partial charge in [0.2, 0.25) is 0 Å². The third-order valence-corrected chi connectivity index (χ3v) is 2.98. The Hall–Kier alpha value is -1.11. The van der Waals surface area contributed by atoms with Gasteiger partial charge in [0.1, 0.15) is 10.7 Å². The van der Waals surface area contributed by atoms with Gasteiger partial charge >= 0.3 is 0 Å². The molecule has 8 heteroatoms. The van der Waals surface area contributed by atoms with Crippen molar-refractivity contribution in [3.05, 3.63) is 38.9 Å². The van der Waals surface area contributed by atoms with Gasteiger partial charge in [-0.05, 0) is 23.7 Å². The summed E-state index contributed by atoms with van der Waals surface area (Å²) in [6, 6.07) is 3.33. The fourth-order valence-corrected chi connectivity index (χ4v) is 1.84. The lowest BCUT2D eigenvalue weighted by Gasteiger charge is -1.99. The number of hydrogen-bond acceptors (Lipinski definition) is 2. The van der Waals surface area contributed by atoms with Crippen molar-refractivity contribution in [2.24, 2.45) is 4.52 Å². The van der Waals surface area contributed by atoms with Crippen molar-refractivity contribution < 1.29 is 12.8 Å². The van der Waals surface area contributed by atoms with Gasteiger partial charge in [0, 0.05) is 13.9 Å². The Bertz CT molecular complexity index is 510. The molecule has 0 heterocycles. The molecule has 0 saturated heterocycles. The van der Waals surface area contributed by atoms with Crippen molar-refractivity contribution in [3.63, 3.8) is 0 Å². The monoisotopic (exact) mass is 279 g/mol. The number of azide groups is 1. The summed E-state index contributed by atoms with van der Waals surface area (Å²) >= 11 is 2.96. The molecule has 0 unspecified atom stereocenters. The highest BCUT2D eigenvalue weighted by atomic mass is 79.9. The van der Waals surface area contributed by atoms with Gasteiger partial charge in [-0.1, -0.05) is 15.9 Å². The number of hydrogen-bond donors (Lipinski definition) is 0. The fourth-order valence-electron chi connectivity index (χ4n) is 0.776. The molecule has 0 aliphatic rings. The first-order chi connectivity index (χ1) is 6.47. The second-order valence-electron chi connectivity index (χ2n) is 2.22. The molecule has 0 atom stereocenters. The first-order valence-corrected chi connectivity index (χ1v) is 5.47. The summed E-state index contributed by atoms with van der Waals surface area (Å²) in [6.07, 6.45) is 0. The number of halogens is 2. The van der Waals surface area contributed by atoms with Crippen molar-refractivity contribution >= 4 is 26.0 Å². The van der Waals surface area contributed by atoms with Crippen LogP contribution in [0.2, 0.25) is 0 Å². The van der Waals surface area contributed by atoms with Crippen LogP contribution in [0, 0.1) is 5.82 Å². The van der Waals surface area contributed by atoms with Crippen molar-refractivity contribution in [3.8, 4) is 0 Å². The summed E-state index contributed by atoms with van der Waals surface area (Å²) in [6.45, 7) is 0. The van der Waals surface area contributed by atoms with E-state index in [0.717, 1.165) is 12.1 Å². The molecular formula is C6H3BrFN3O2S. The maximum atomic E-state index is 13.1. The van der Waals surface area contributed by atoms with E-state index in [9.17, 15) is 12.8 Å². The predicted octanol–water partition coefficient (Wildman–Crippen LogP) is 2.59. The van der Waals surface area contributed by atoms with E-state index >= 15 is 0 Å². The highest BCUT2D eigenvalue weighted by Gasteiger charge is 2.17.